The fourth-order valence-electron chi connectivity index (χ4n) is 5.29. The fourth-order valence-corrected chi connectivity index (χ4v) is 5.29. The van der Waals surface area contributed by atoms with Gasteiger partial charge in [0.1, 0.15) is 48.5 Å². The number of imide groups is 1. The normalized spacial score (nSPS) is 19.7. The largest absolute Gasteiger partial charge is 0.489 e. The van der Waals surface area contributed by atoms with Gasteiger partial charge in [0, 0.05) is 30.6 Å². The predicted octanol–water partition coefficient (Wildman–Crippen LogP) is -3.84. The third-order valence-electron chi connectivity index (χ3n) is 7.67. The van der Waals surface area contributed by atoms with Gasteiger partial charge in [-0.15, -0.1) is 0 Å². The van der Waals surface area contributed by atoms with Crippen molar-refractivity contribution in [2.75, 3.05) is 19.8 Å². The second kappa shape index (κ2) is 10.1. The second-order valence-electron chi connectivity index (χ2n) is 9.93. The van der Waals surface area contributed by atoms with Crippen molar-refractivity contribution in [1.29, 1.82) is 0 Å². The molecule has 0 spiro atoms. The third-order valence-corrected chi connectivity index (χ3v) is 7.67. The van der Waals surface area contributed by atoms with Gasteiger partial charge in [-0.25, -0.2) is 0 Å². The van der Waals surface area contributed by atoms with E-state index in [-0.39, 0.29) is 37.3 Å². The third kappa shape index (κ3) is 4.77. The number of hydrogen-bond donors (Lipinski definition) is 1. The zero-order valence-corrected chi connectivity index (χ0v) is 21.4. The molecule has 12 heteroatoms. The number of rotatable bonds is 6. The molecule has 0 saturated carbocycles. The zero-order chi connectivity index (χ0) is 26.3. The number of ether oxygens (including phenoxy) is 2. The lowest BCUT2D eigenvalue weighted by Gasteiger charge is -2.29. The Labute approximate surface area is 218 Å². The Kier molecular flexibility index (Phi) is 6.85. The average Bonchev–Trinajstić information content (AvgIpc) is 3.21. The van der Waals surface area contributed by atoms with Gasteiger partial charge in [-0.2, -0.15) is 0 Å². The summed E-state index contributed by atoms with van der Waals surface area (Å²) in [4.78, 5) is 52.9. The van der Waals surface area contributed by atoms with E-state index in [1.807, 2.05) is 47.8 Å². The van der Waals surface area contributed by atoms with E-state index in [2.05, 4.69) is 5.32 Å². The summed E-state index contributed by atoms with van der Waals surface area (Å²) in [6.45, 7) is 2.42. The molecule has 2 saturated heterocycles. The van der Waals surface area contributed by atoms with Gasteiger partial charge in [0.15, 0.2) is 0 Å². The molecule has 0 bridgehead atoms. The molecule has 2 aromatic carbocycles. The van der Waals surface area contributed by atoms with Gasteiger partial charge < -0.3 is 19.3 Å². The molecule has 0 aromatic heterocycles. The highest BCUT2D eigenvalue weighted by Crippen LogP contribution is 2.31. The SMILES string of the molecule is Bc1c(B)c(OCc2ccc(CN3CCOCC3=O)cc2)c2c(c1B)C(=O)N(C1CCC(=O)NC1=O)C2. The molecule has 5 rings (SSSR count). The van der Waals surface area contributed by atoms with E-state index in [1.165, 1.54) is 0 Å². The summed E-state index contributed by atoms with van der Waals surface area (Å²) in [5.41, 5.74) is 6.23. The van der Waals surface area contributed by atoms with Crippen molar-refractivity contribution in [2.45, 2.75) is 38.6 Å². The number of nitrogens with zero attached hydrogens (tertiary/aromatic N) is 2. The van der Waals surface area contributed by atoms with Crippen LogP contribution < -0.4 is 26.4 Å². The van der Waals surface area contributed by atoms with Crippen LogP contribution in [-0.4, -0.2) is 82.8 Å². The van der Waals surface area contributed by atoms with Crippen LogP contribution in [0.2, 0.25) is 0 Å². The lowest BCUT2D eigenvalue weighted by Crippen LogP contribution is -2.52. The summed E-state index contributed by atoms with van der Waals surface area (Å²) in [6, 6.07) is 7.28. The number of amides is 4. The molecule has 2 fully saturated rings. The van der Waals surface area contributed by atoms with E-state index in [4.69, 9.17) is 9.47 Å². The Hall–Kier alpha value is -3.53. The number of hydrogen-bond acceptors (Lipinski definition) is 6. The monoisotopic (exact) mass is 499 g/mol. The van der Waals surface area contributed by atoms with Gasteiger partial charge in [0.25, 0.3) is 5.91 Å². The van der Waals surface area contributed by atoms with Gasteiger partial charge in [0.05, 0.1) is 13.2 Å². The quantitative estimate of drug-likeness (QED) is 0.323. The van der Waals surface area contributed by atoms with Crippen molar-refractivity contribution >= 4 is 63.6 Å². The van der Waals surface area contributed by atoms with Crippen molar-refractivity contribution in [3.8, 4) is 5.75 Å². The van der Waals surface area contributed by atoms with E-state index in [1.54, 1.807) is 9.80 Å². The lowest BCUT2D eigenvalue weighted by atomic mass is 9.69. The predicted molar refractivity (Wildman–Crippen MR) is 144 cm³/mol. The summed E-state index contributed by atoms with van der Waals surface area (Å²) < 4.78 is 11.5. The van der Waals surface area contributed by atoms with Crippen molar-refractivity contribution in [1.82, 2.24) is 15.1 Å². The van der Waals surface area contributed by atoms with Gasteiger partial charge in [-0.05, 0) is 17.5 Å². The van der Waals surface area contributed by atoms with Crippen LogP contribution in [0.1, 0.15) is 39.9 Å². The summed E-state index contributed by atoms with van der Waals surface area (Å²) in [7, 11) is 5.88. The minimum absolute atomic E-state index is 0.00127. The Morgan fingerprint density at radius 1 is 1.00 bits per heavy atom. The molecule has 3 heterocycles. The number of nitrogens with one attached hydrogen (secondary N) is 1. The Bertz CT molecular complexity index is 1300. The molecule has 0 aliphatic carbocycles. The van der Waals surface area contributed by atoms with Crippen molar-refractivity contribution < 1.29 is 28.7 Å². The van der Waals surface area contributed by atoms with Crippen LogP contribution in [0.3, 0.4) is 0 Å². The van der Waals surface area contributed by atoms with E-state index >= 15 is 0 Å². The molecule has 4 amide bonds. The molecule has 1 unspecified atom stereocenters. The zero-order valence-electron chi connectivity index (χ0n) is 21.4. The van der Waals surface area contributed by atoms with Crippen LogP contribution in [0.4, 0.5) is 0 Å². The first-order chi connectivity index (χ1) is 17.7. The number of morpholine rings is 1. The summed E-state index contributed by atoms with van der Waals surface area (Å²) in [6.07, 6.45) is 0.534. The minimum atomic E-state index is -0.670. The summed E-state index contributed by atoms with van der Waals surface area (Å²) in [5.74, 6) is -0.260. The molecule has 2 aromatic rings. The first-order valence-corrected chi connectivity index (χ1v) is 12.6. The van der Waals surface area contributed by atoms with Crippen LogP contribution in [-0.2, 0) is 38.8 Å². The van der Waals surface area contributed by atoms with Gasteiger partial charge in [-0.1, -0.05) is 40.7 Å². The smallest absolute Gasteiger partial charge is 0.254 e. The number of carbonyl (C=O) groups is 4. The van der Waals surface area contributed by atoms with Crippen LogP contribution in [0.15, 0.2) is 24.3 Å². The summed E-state index contributed by atoms with van der Waals surface area (Å²) in [5, 5.41) is 2.35. The molecule has 188 valence electrons. The van der Waals surface area contributed by atoms with Gasteiger partial charge in [-0.3, -0.25) is 24.5 Å². The fraction of sp³-hybridized carbons (Fsp3) is 0.360. The Balaban J connectivity index is 1.33. The maximum Gasteiger partial charge on any atom is 0.254 e. The molecule has 0 radical (unpaired) electrons. The number of fused-ring (bicyclic) bond motifs is 1. The van der Waals surface area contributed by atoms with Crippen LogP contribution in [0.5, 0.6) is 5.75 Å². The molecule has 3 aliphatic rings. The molecule has 1 N–H and O–H groups in total. The van der Waals surface area contributed by atoms with Crippen LogP contribution in [0.25, 0.3) is 0 Å². The maximum absolute atomic E-state index is 13.4. The molecule has 3 aliphatic heterocycles. The first kappa shape index (κ1) is 25.1. The molecule has 1 atom stereocenters. The molecule has 9 nitrogen and oxygen atoms in total. The van der Waals surface area contributed by atoms with E-state index in [0.29, 0.717) is 44.0 Å². The lowest BCUT2D eigenvalue weighted by molar-refractivity contribution is -0.143. The highest BCUT2D eigenvalue weighted by Gasteiger charge is 2.41. The minimum Gasteiger partial charge on any atom is -0.489 e. The van der Waals surface area contributed by atoms with E-state index < -0.39 is 11.9 Å². The standard InChI is InChI=1S/C25H28B3N3O6/c26-20-19-15(10-31(25(19)35)16-5-6-17(32)29-24(16)34)23(22(28)21(20)27)37-11-14-3-1-13(2-4-14)9-30-7-8-36-12-18(30)33/h1-4,16H,5-12,26-28H2,(H,29,32,34). The highest BCUT2D eigenvalue weighted by atomic mass is 16.5. The molecule has 37 heavy (non-hydrogen) atoms. The van der Waals surface area contributed by atoms with Gasteiger partial charge in [0.2, 0.25) is 17.7 Å². The number of benzene rings is 2. The van der Waals surface area contributed by atoms with E-state index in [9.17, 15) is 19.2 Å². The molecular weight excluding hydrogens is 471 g/mol. The van der Waals surface area contributed by atoms with Crippen molar-refractivity contribution in [3.05, 3.63) is 46.5 Å². The topological polar surface area (TPSA) is 105 Å². The number of carbonyl (C=O) groups excluding carboxylic acids is 4. The van der Waals surface area contributed by atoms with Crippen molar-refractivity contribution in [2.24, 2.45) is 0 Å². The van der Waals surface area contributed by atoms with E-state index in [0.717, 1.165) is 33.1 Å². The Morgan fingerprint density at radius 2 is 1.73 bits per heavy atom. The highest BCUT2D eigenvalue weighted by molar-refractivity contribution is 6.59. The summed E-state index contributed by atoms with van der Waals surface area (Å²) >= 11 is 0. The number of piperidine rings is 1. The van der Waals surface area contributed by atoms with Gasteiger partial charge >= 0.3 is 0 Å². The maximum atomic E-state index is 13.4. The van der Waals surface area contributed by atoms with Crippen LogP contribution >= 0.6 is 0 Å². The Morgan fingerprint density at radius 3 is 2.43 bits per heavy atom. The van der Waals surface area contributed by atoms with Crippen molar-refractivity contribution in [3.63, 3.8) is 0 Å². The first-order valence-electron chi connectivity index (χ1n) is 12.6. The average molecular weight is 499 g/mol. The van der Waals surface area contributed by atoms with Crippen LogP contribution in [0, 0.1) is 0 Å². The second-order valence-corrected chi connectivity index (χ2v) is 9.93. The molecular formula is C25H28B3N3O6.